The largest absolute Gasteiger partial charge is 0.372 e. The third-order valence-electron chi connectivity index (χ3n) is 3.13. The number of nitrogens with one attached hydrogen (secondary N) is 2. The lowest BCUT2D eigenvalue weighted by Gasteiger charge is -2.17. The lowest BCUT2D eigenvalue weighted by molar-refractivity contribution is -0.527. The first-order chi connectivity index (χ1) is 9.63. The molecule has 2 N–H and O–H groups in total. The molecule has 1 unspecified atom stereocenters. The molecule has 0 bridgehead atoms. The molecule has 0 aliphatic carbocycles. The third kappa shape index (κ3) is 6.17. The van der Waals surface area contributed by atoms with Crippen molar-refractivity contribution in [3.63, 3.8) is 0 Å². The summed E-state index contributed by atoms with van der Waals surface area (Å²) in [7, 11) is 0. The number of urea groups is 1. The fraction of sp³-hybridized carbons (Fsp3) is 0.500. The lowest BCUT2D eigenvalue weighted by Crippen LogP contribution is -2.40. The van der Waals surface area contributed by atoms with E-state index in [1.807, 2.05) is 30.3 Å². The van der Waals surface area contributed by atoms with Crippen molar-refractivity contribution in [2.75, 3.05) is 6.54 Å². The third-order valence-corrected chi connectivity index (χ3v) is 3.13. The molecule has 0 heterocycles. The van der Waals surface area contributed by atoms with Crippen LogP contribution in [0.1, 0.15) is 44.1 Å². The molecule has 110 valence electrons. The number of carbonyl (C=O) groups excluding carboxylic acids is 1. The molecule has 0 aromatic heterocycles. The van der Waals surface area contributed by atoms with Gasteiger partial charge < -0.3 is 5.32 Å². The second-order valence-electron chi connectivity index (χ2n) is 4.68. The van der Waals surface area contributed by atoms with Crippen LogP contribution in [-0.2, 0) is 0 Å². The molecule has 1 atom stereocenters. The fourth-order valence-electron chi connectivity index (χ4n) is 2.09. The van der Waals surface area contributed by atoms with E-state index in [1.54, 1.807) is 5.43 Å². The van der Waals surface area contributed by atoms with Crippen LogP contribution >= 0.6 is 0 Å². The van der Waals surface area contributed by atoms with Gasteiger partial charge in [0.05, 0.1) is 0 Å². The van der Waals surface area contributed by atoms with Crippen LogP contribution in [0.2, 0.25) is 0 Å². The molecule has 20 heavy (non-hydrogen) atoms. The van der Waals surface area contributed by atoms with Gasteiger partial charge in [-0.1, -0.05) is 61.9 Å². The summed E-state index contributed by atoms with van der Waals surface area (Å²) in [5.41, 5.74) is 2.73. The highest BCUT2D eigenvalue weighted by molar-refractivity contribution is 5.72. The number of benzene rings is 1. The van der Waals surface area contributed by atoms with E-state index >= 15 is 0 Å². The van der Waals surface area contributed by atoms with Gasteiger partial charge >= 0.3 is 6.03 Å². The highest BCUT2D eigenvalue weighted by Gasteiger charge is 2.14. The number of unbranched alkanes of at least 4 members (excludes halogenated alkanes) is 2. The van der Waals surface area contributed by atoms with Crippen LogP contribution in [0.25, 0.3) is 0 Å². The van der Waals surface area contributed by atoms with E-state index in [2.05, 4.69) is 12.2 Å². The van der Waals surface area contributed by atoms with E-state index in [1.165, 1.54) is 0 Å². The number of hydrazine groups is 1. The Hall–Kier alpha value is -2.11. The molecule has 6 heteroatoms. The van der Waals surface area contributed by atoms with E-state index in [-0.39, 0.29) is 5.92 Å². The molecule has 0 aliphatic heterocycles. The number of hydrogen-bond acceptors (Lipinski definition) is 3. The summed E-state index contributed by atoms with van der Waals surface area (Å²) in [6.07, 6.45) is 4.31. The van der Waals surface area contributed by atoms with Gasteiger partial charge in [-0.3, -0.25) is 0 Å². The van der Waals surface area contributed by atoms with E-state index < -0.39 is 11.1 Å². The van der Waals surface area contributed by atoms with E-state index in [0.29, 0.717) is 6.54 Å². The Morgan fingerprint density at radius 2 is 2.00 bits per heavy atom. The van der Waals surface area contributed by atoms with E-state index in [9.17, 15) is 14.9 Å². The van der Waals surface area contributed by atoms with E-state index in [0.717, 1.165) is 31.2 Å². The molecule has 0 spiro atoms. The van der Waals surface area contributed by atoms with Crippen molar-refractivity contribution < 1.29 is 9.83 Å². The zero-order valence-corrected chi connectivity index (χ0v) is 11.7. The Morgan fingerprint density at radius 3 is 2.60 bits per heavy atom. The molecule has 1 aromatic carbocycles. The first-order valence-electron chi connectivity index (χ1n) is 6.87. The maximum Gasteiger partial charge on any atom is 0.372 e. The standard InChI is InChI=1S/C14H21N3O3/c1-2-3-5-10-13(12-8-6-4-7-9-12)11-15-14(18)16-17(19)20/h4,6-9,13H,2-3,5,10-11H2,1H3,(H2,15,16,18). The van der Waals surface area contributed by atoms with Crippen molar-refractivity contribution in [1.82, 2.24) is 10.7 Å². The zero-order valence-electron chi connectivity index (χ0n) is 11.7. The molecule has 0 fully saturated rings. The Balaban J connectivity index is 2.54. The highest BCUT2D eigenvalue weighted by atomic mass is 16.7. The van der Waals surface area contributed by atoms with Crippen molar-refractivity contribution in [3.8, 4) is 0 Å². The summed E-state index contributed by atoms with van der Waals surface area (Å²) in [6.45, 7) is 2.54. The average Bonchev–Trinajstić information content (AvgIpc) is 2.43. The van der Waals surface area contributed by atoms with Gasteiger partial charge in [-0.25, -0.2) is 14.9 Å². The molecule has 0 saturated heterocycles. The topological polar surface area (TPSA) is 84.3 Å². The van der Waals surface area contributed by atoms with Crippen molar-refractivity contribution in [1.29, 1.82) is 0 Å². The molecule has 0 aliphatic rings. The van der Waals surface area contributed by atoms with Crippen LogP contribution in [0.3, 0.4) is 0 Å². The first kappa shape index (κ1) is 15.9. The zero-order chi connectivity index (χ0) is 14.8. The number of hydrogen-bond donors (Lipinski definition) is 2. The van der Waals surface area contributed by atoms with Crippen molar-refractivity contribution in [2.45, 2.75) is 38.5 Å². The van der Waals surface area contributed by atoms with Gasteiger partial charge in [-0.15, -0.1) is 0 Å². The van der Waals surface area contributed by atoms with Crippen molar-refractivity contribution >= 4 is 6.03 Å². The van der Waals surface area contributed by atoms with Crippen LogP contribution in [0.15, 0.2) is 30.3 Å². The minimum atomic E-state index is -0.857. The Bertz CT molecular complexity index is 423. The monoisotopic (exact) mass is 279 g/mol. The summed E-state index contributed by atoms with van der Waals surface area (Å²) < 4.78 is 0. The molecular weight excluding hydrogens is 258 g/mol. The van der Waals surface area contributed by atoms with Gasteiger partial charge in [0.2, 0.25) is 0 Å². The highest BCUT2D eigenvalue weighted by Crippen LogP contribution is 2.21. The molecular formula is C14H21N3O3. The molecule has 1 rings (SSSR count). The summed E-state index contributed by atoms with van der Waals surface area (Å²) in [5.74, 6) is 0.181. The summed E-state index contributed by atoms with van der Waals surface area (Å²) in [4.78, 5) is 21.4. The average molecular weight is 279 g/mol. The smallest absolute Gasteiger partial charge is 0.333 e. The summed E-state index contributed by atoms with van der Waals surface area (Å²) >= 11 is 0. The maximum absolute atomic E-state index is 11.3. The van der Waals surface area contributed by atoms with E-state index in [4.69, 9.17) is 0 Å². The first-order valence-corrected chi connectivity index (χ1v) is 6.87. The summed E-state index contributed by atoms with van der Waals surface area (Å²) in [6, 6.07) is 9.12. The van der Waals surface area contributed by atoms with Gasteiger partial charge in [-0.2, -0.15) is 0 Å². The van der Waals surface area contributed by atoms with Crippen molar-refractivity contribution in [2.24, 2.45) is 0 Å². The molecule has 6 nitrogen and oxygen atoms in total. The lowest BCUT2D eigenvalue weighted by atomic mass is 9.93. The minimum Gasteiger partial charge on any atom is -0.333 e. The van der Waals surface area contributed by atoms with Gasteiger partial charge in [0.1, 0.15) is 0 Å². The van der Waals surface area contributed by atoms with Crippen LogP contribution < -0.4 is 10.7 Å². The minimum absolute atomic E-state index is 0.181. The number of nitrogens with zero attached hydrogens (tertiary/aromatic N) is 1. The number of nitro groups is 1. The molecule has 2 amide bonds. The van der Waals surface area contributed by atoms with Gasteiger partial charge in [0.15, 0.2) is 5.03 Å². The second kappa shape index (κ2) is 8.90. The Kier molecular flexibility index (Phi) is 7.10. The predicted molar refractivity (Wildman–Crippen MR) is 76.9 cm³/mol. The second-order valence-corrected chi connectivity index (χ2v) is 4.68. The maximum atomic E-state index is 11.3. The fourth-order valence-corrected chi connectivity index (χ4v) is 2.09. The van der Waals surface area contributed by atoms with Crippen LogP contribution in [0.5, 0.6) is 0 Å². The number of carbonyl (C=O) groups is 1. The van der Waals surface area contributed by atoms with Gasteiger partial charge in [0, 0.05) is 12.5 Å². The summed E-state index contributed by atoms with van der Waals surface area (Å²) in [5, 5.41) is 11.9. The molecule has 1 aromatic rings. The molecule has 0 radical (unpaired) electrons. The quantitative estimate of drug-likeness (QED) is 0.436. The van der Waals surface area contributed by atoms with Gasteiger partial charge in [-0.05, 0) is 12.0 Å². The number of rotatable bonds is 8. The van der Waals surface area contributed by atoms with Crippen LogP contribution in [0, 0.1) is 10.1 Å². The Labute approximate surface area is 118 Å². The van der Waals surface area contributed by atoms with Gasteiger partial charge in [0.25, 0.3) is 0 Å². The number of amides is 2. The predicted octanol–water partition coefficient (Wildman–Crippen LogP) is 2.84. The normalized spacial score (nSPS) is 11.7. The van der Waals surface area contributed by atoms with Crippen LogP contribution in [-0.4, -0.2) is 17.6 Å². The Morgan fingerprint density at radius 1 is 1.30 bits per heavy atom. The van der Waals surface area contributed by atoms with Crippen molar-refractivity contribution in [3.05, 3.63) is 46.0 Å². The van der Waals surface area contributed by atoms with Crippen LogP contribution in [0.4, 0.5) is 4.79 Å². The SMILES string of the molecule is CCCCCC(CNC(=O)N[N+](=O)[O-])c1ccccc1. The molecule has 0 saturated carbocycles.